The number of aryl methyl sites for hydroxylation is 2. The fourth-order valence-corrected chi connectivity index (χ4v) is 19.5. The van der Waals surface area contributed by atoms with Crippen LogP contribution in [0.4, 0.5) is 52.7 Å². The molecule has 0 spiro atoms. The lowest BCUT2D eigenvalue weighted by Gasteiger charge is -2.44. The lowest BCUT2D eigenvalue weighted by molar-refractivity contribution is -0.132. The molecule has 766 valence electrons. The van der Waals surface area contributed by atoms with Crippen LogP contribution in [-0.4, -0.2) is 182 Å². The van der Waals surface area contributed by atoms with E-state index in [9.17, 15) is 36.7 Å². The molecule has 8 atom stereocenters. The molecule has 0 bridgehead atoms. The first-order chi connectivity index (χ1) is 68.0. The van der Waals surface area contributed by atoms with Crippen molar-refractivity contribution in [1.29, 1.82) is 0 Å². The van der Waals surface area contributed by atoms with E-state index < -0.39 is 117 Å². The molecule has 0 amide bonds. The van der Waals surface area contributed by atoms with Gasteiger partial charge in [-0.25, -0.2) is 76.8 Å². The van der Waals surface area contributed by atoms with Gasteiger partial charge >= 0.3 is 23.9 Å². The summed E-state index contributed by atoms with van der Waals surface area (Å²) in [5.74, 6) is -9.41. The van der Waals surface area contributed by atoms with Gasteiger partial charge in [-0.2, -0.15) is 15.0 Å². The van der Waals surface area contributed by atoms with Crippen LogP contribution in [-0.2, 0) is 58.5 Å². The Morgan fingerprint density at radius 1 is 0.407 bits per heavy atom. The van der Waals surface area contributed by atoms with Crippen LogP contribution in [0.1, 0.15) is 236 Å². The first kappa shape index (κ1) is 109. The maximum atomic E-state index is 15.5. The molecule has 145 heavy (non-hydrogen) atoms. The first-order valence-corrected chi connectivity index (χ1v) is 47.7. The SMILES string of the molecule is CC(C)Cn1cc(-c2ccc3c(c2)CC(C)N(CC(C)(C)F)C3c2c(F)cc(/C=C/C(=O)O)cc2F)cn1.CC1Cc2cc(-c3cnn(C(C)C)c3)ccc2C(c2c(F)cc(/C=C/C(=O)O)cc2F)N1CC(C)(C)F.CC1Cc2cc(-c3nnn(C)n3)ccc2C(c2c(F)cc(/C=C/C(=O)O)cc2F)N1CC(C)(C)F.Cc1ncc(-c2ccc3c(c2)CC(C)N(CC(C)(C)F)C3c2c(F)cc(/C=C/C(=O)O)cc2F)o1. The highest BCUT2D eigenvalue weighted by Crippen LogP contribution is 2.49. The fourth-order valence-electron chi connectivity index (χ4n) is 19.5. The predicted molar refractivity (Wildman–Crippen MR) is 531 cm³/mol. The number of hydrogen-bond acceptors (Lipinski definition) is 15. The van der Waals surface area contributed by atoms with Crippen molar-refractivity contribution < 1.29 is 96.7 Å². The third-order valence-corrected chi connectivity index (χ3v) is 25.5. The topological polar surface area (TPSA) is 267 Å². The smallest absolute Gasteiger partial charge is 0.328 e. The molecule has 8 heterocycles. The van der Waals surface area contributed by atoms with Gasteiger partial charge in [-0.05, 0) is 297 Å². The highest BCUT2D eigenvalue weighted by atomic mass is 19.2. The summed E-state index contributed by atoms with van der Waals surface area (Å²) in [7, 11) is 1.66. The van der Waals surface area contributed by atoms with Crippen LogP contribution in [0.15, 0.2) is 181 Å². The second-order valence-electron chi connectivity index (χ2n) is 40.8. The van der Waals surface area contributed by atoms with Crippen molar-refractivity contribution in [1.82, 2.24) is 64.4 Å². The highest BCUT2D eigenvalue weighted by Gasteiger charge is 2.45. The van der Waals surface area contributed by atoms with Gasteiger partial charge in [0, 0.05) is 151 Å². The third-order valence-electron chi connectivity index (χ3n) is 25.5. The van der Waals surface area contributed by atoms with Gasteiger partial charge < -0.3 is 24.8 Å². The van der Waals surface area contributed by atoms with Gasteiger partial charge in [0.2, 0.25) is 5.82 Å². The Morgan fingerprint density at radius 3 is 0.966 bits per heavy atom. The van der Waals surface area contributed by atoms with E-state index in [0.29, 0.717) is 65.8 Å². The number of hydrogen-bond donors (Lipinski definition) is 4. The molecule has 12 aromatic rings. The second kappa shape index (κ2) is 44.5. The van der Waals surface area contributed by atoms with Gasteiger partial charge in [-0.3, -0.25) is 29.0 Å². The summed E-state index contributed by atoms with van der Waals surface area (Å²) in [6, 6.07) is 27.4. The lowest BCUT2D eigenvalue weighted by Crippen LogP contribution is -2.48. The molecular formula is C111H119F12N13O9. The molecule has 0 saturated carbocycles. The summed E-state index contributed by atoms with van der Waals surface area (Å²) in [5, 5.41) is 56.4. The van der Waals surface area contributed by atoms with E-state index >= 15 is 35.1 Å². The summed E-state index contributed by atoms with van der Waals surface area (Å²) in [6.07, 6.45) is 19.3. The molecule has 34 heteroatoms. The predicted octanol–water partition coefficient (Wildman–Crippen LogP) is 23.7. The van der Waals surface area contributed by atoms with Gasteiger partial charge in [-0.1, -0.05) is 74.5 Å². The normalized spacial score (nSPS) is 18.6. The Morgan fingerprint density at radius 2 is 0.697 bits per heavy atom. The molecule has 0 fully saturated rings. The Hall–Kier alpha value is -13.7. The molecule has 22 nitrogen and oxygen atoms in total. The molecule has 4 aromatic heterocycles. The number of aliphatic carboxylic acids is 4. The van der Waals surface area contributed by atoms with Crippen LogP contribution >= 0.6 is 0 Å². The van der Waals surface area contributed by atoms with E-state index in [1.165, 1.54) is 60.2 Å². The number of oxazole rings is 1. The third kappa shape index (κ3) is 26.9. The standard InChI is InChI=1S/C30H34F3N3O2.C29H32F3N3O2.C27H27F3N2O3.C25H26F3N5O2/c1-18(2)15-35-16-23(14-34-35)21-7-8-24-22(13-21)10-19(3)36(17-30(4,5)33)29(24)28-25(31)11-20(12-26(28)32)6-9-27(37)38;1-17(2)35-15-22(14-33-35)20-7-8-23-21(13-20)10-18(3)34(16-29(4,5)32)28(23)27-24(30)11-19(12-25(27)31)6-9-26(36)37;1-15-9-19-12-18(23-13-31-16(2)35-23)6-7-20(19)26(32(15)14-27(3,4)30)25-21(28)10-17(11-22(25)29)5-8-24(33)34;1-14-9-17-12-16(24-29-31-32(4)30-24)6-7-18(17)23(33(14)13-25(2,3)28)22-19(26)10-15(11-20(22)27)5-8-21(34)35/h6-9,11-14,16,18-19,29H,10,15,17H2,1-5H3,(H,37,38);6-9,11-15,17-18,28H,10,16H2,1-5H3,(H,36,37);5-8,10-13,15,26H,9,14H2,1-4H3,(H,33,34);5-8,10-12,14,23H,9,13H2,1-4H3,(H,34,35)/b2*9-6+;2*8-5+. The maximum absolute atomic E-state index is 15.5. The van der Waals surface area contributed by atoms with Gasteiger partial charge in [0.25, 0.3) is 0 Å². The van der Waals surface area contributed by atoms with E-state index in [1.54, 1.807) is 60.4 Å². The average molecular weight is 2010 g/mol. The van der Waals surface area contributed by atoms with Gasteiger partial charge in [0.1, 0.15) is 69.2 Å². The van der Waals surface area contributed by atoms with E-state index in [4.69, 9.17) is 24.8 Å². The zero-order valence-corrected chi connectivity index (χ0v) is 83.9. The van der Waals surface area contributed by atoms with Crippen LogP contribution in [0.5, 0.6) is 0 Å². The number of carbonyl (C=O) groups is 4. The van der Waals surface area contributed by atoms with Crippen LogP contribution < -0.4 is 0 Å². The molecule has 4 aliphatic heterocycles. The molecule has 4 N–H and O–H groups in total. The molecule has 0 radical (unpaired) electrons. The molecule has 8 aromatic carbocycles. The molecule has 0 saturated heterocycles. The van der Waals surface area contributed by atoms with Crippen molar-refractivity contribution in [2.24, 2.45) is 13.0 Å². The van der Waals surface area contributed by atoms with Crippen LogP contribution in [0.3, 0.4) is 0 Å². The minimum absolute atomic E-state index is 0.0124. The minimum atomic E-state index is -1.61. The Kier molecular flexibility index (Phi) is 33.3. The molecule has 8 unspecified atom stereocenters. The zero-order valence-electron chi connectivity index (χ0n) is 83.9. The average Bonchev–Trinajstić information content (AvgIpc) is 1.36. The zero-order chi connectivity index (χ0) is 106. The monoisotopic (exact) mass is 2010 g/mol. The fraction of sp³-hybridized carbons (Fsp3) is 0.369. The van der Waals surface area contributed by atoms with Gasteiger partial charge in [0.15, 0.2) is 11.7 Å². The summed E-state index contributed by atoms with van der Waals surface area (Å²) in [5.41, 5.74) is 4.94. The van der Waals surface area contributed by atoms with Crippen LogP contribution in [0.25, 0.3) is 69.3 Å². The minimum Gasteiger partial charge on any atom is -0.478 e. The van der Waals surface area contributed by atoms with E-state index in [-0.39, 0.29) is 101 Å². The highest BCUT2D eigenvalue weighted by molar-refractivity contribution is 5.87. The number of rotatable bonds is 27. The van der Waals surface area contributed by atoms with E-state index in [1.807, 2.05) is 128 Å². The summed E-state index contributed by atoms with van der Waals surface area (Å²) in [4.78, 5) is 56.0. The van der Waals surface area contributed by atoms with Crippen molar-refractivity contribution in [2.75, 3.05) is 26.2 Å². The van der Waals surface area contributed by atoms with E-state index in [0.717, 1.165) is 165 Å². The Bertz CT molecular complexity index is 6620. The van der Waals surface area contributed by atoms with Crippen molar-refractivity contribution in [3.05, 3.63) is 318 Å². The number of fused-ring (bicyclic) bond motifs is 4. The number of alkyl halides is 4. The summed E-state index contributed by atoms with van der Waals surface area (Å²) >= 11 is 0. The molecule has 0 aliphatic carbocycles. The second-order valence-corrected chi connectivity index (χ2v) is 40.8. The van der Waals surface area contributed by atoms with Crippen LogP contribution in [0, 0.1) is 59.4 Å². The van der Waals surface area contributed by atoms with Gasteiger partial charge in [-0.15, -0.1) is 10.2 Å². The van der Waals surface area contributed by atoms with Crippen molar-refractivity contribution in [3.63, 3.8) is 0 Å². The Balaban J connectivity index is 0.000000162. The van der Waals surface area contributed by atoms with Crippen molar-refractivity contribution in [2.45, 2.75) is 227 Å². The molecule has 4 aliphatic rings. The summed E-state index contributed by atoms with van der Waals surface area (Å²) < 4.78 is 193. The first-order valence-electron chi connectivity index (χ1n) is 47.7. The van der Waals surface area contributed by atoms with Crippen LogP contribution in [0.2, 0.25) is 0 Å². The van der Waals surface area contributed by atoms with Crippen molar-refractivity contribution >= 4 is 48.2 Å². The largest absolute Gasteiger partial charge is 0.478 e. The van der Waals surface area contributed by atoms with Gasteiger partial charge in [0.05, 0.1) is 49.8 Å². The number of carboxylic acid groups (broad SMARTS) is 4. The number of benzene rings is 8. The quantitative estimate of drug-likeness (QED) is 0.0275. The lowest BCUT2D eigenvalue weighted by atomic mass is 9.82. The number of carboxylic acids is 4. The Labute approximate surface area is 834 Å². The molecular weight excluding hydrogens is 1890 g/mol. The number of tetrazole rings is 1. The molecule has 16 rings (SSSR count). The number of nitrogens with zero attached hydrogens (tertiary/aromatic N) is 13. The number of halogens is 12. The van der Waals surface area contributed by atoms with Crippen molar-refractivity contribution in [3.8, 4) is 45.0 Å². The number of aromatic nitrogens is 9. The summed E-state index contributed by atoms with van der Waals surface area (Å²) in [6.45, 7) is 30.0. The maximum Gasteiger partial charge on any atom is 0.328 e. The van der Waals surface area contributed by atoms with E-state index in [2.05, 4.69) is 44.4 Å².